The van der Waals surface area contributed by atoms with Gasteiger partial charge in [-0.05, 0) is 48.8 Å². The van der Waals surface area contributed by atoms with Crippen LogP contribution in [0, 0.1) is 0 Å². The summed E-state index contributed by atoms with van der Waals surface area (Å²) in [6.07, 6.45) is 3.20. The van der Waals surface area contributed by atoms with Crippen molar-refractivity contribution in [2.75, 3.05) is 18.6 Å². The van der Waals surface area contributed by atoms with Crippen LogP contribution in [-0.4, -0.2) is 46.6 Å². The van der Waals surface area contributed by atoms with E-state index in [1.54, 1.807) is 28.0 Å². The van der Waals surface area contributed by atoms with Gasteiger partial charge in [0.25, 0.3) is 0 Å². The van der Waals surface area contributed by atoms with Crippen LogP contribution >= 0.6 is 23.1 Å². The number of aliphatic carboxylic acids is 1. The number of amides is 2. The summed E-state index contributed by atoms with van der Waals surface area (Å²) in [6, 6.07) is 0.941. The van der Waals surface area contributed by atoms with Crippen LogP contribution in [0.25, 0.3) is 0 Å². The van der Waals surface area contributed by atoms with Gasteiger partial charge in [-0.3, -0.25) is 0 Å². The van der Waals surface area contributed by atoms with E-state index in [4.69, 9.17) is 0 Å². The van der Waals surface area contributed by atoms with Gasteiger partial charge in [0, 0.05) is 11.4 Å². The zero-order valence-electron chi connectivity index (χ0n) is 12.2. The Morgan fingerprint density at radius 1 is 1.62 bits per heavy atom. The number of nitrogens with one attached hydrogen (secondary N) is 1. The van der Waals surface area contributed by atoms with Crippen molar-refractivity contribution < 1.29 is 14.7 Å². The Hall–Kier alpha value is -1.21. The van der Waals surface area contributed by atoms with Crippen molar-refractivity contribution >= 4 is 35.1 Å². The van der Waals surface area contributed by atoms with Crippen LogP contribution in [-0.2, 0) is 11.2 Å². The molecule has 7 heteroatoms. The third-order valence-corrected chi connectivity index (χ3v) is 5.39. The number of thioether (sulfide) groups is 1. The van der Waals surface area contributed by atoms with E-state index >= 15 is 0 Å². The second kappa shape index (κ2) is 7.17. The fourth-order valence-corrected chi connectivity index (χ4v) is 3.95. The molecule has 0 saturated carbocycles. The number of fused-ring (bicyclic) bond motifs is 1. The van der Waals surface area contributed by atoms with E-state index < -0.39 is 12.0 Å². The topological polar surface area (TPSA) is 69.6 Å². The molecule has 1 aromatic heterocycles. The minimum absolute atomic E-state index is 0.00463. The number of carboxylic acid groups (broad SMARTS) is 1. The molecule has 2 heterocycles. The van der Waals surface area contributed by atoms with Crippen LogP contribution in [0.15, 0.2) is 11.4 Å². The molecule has 0 saturated heterocycles. The van der Waals surface area contributed by atoms with Gasteiger partial charge in [-0.1, -0.05) is 0 Å². The normalized spacial score (nSPS) is 19.0. The Morgan fingerprint density at radius 2 is 2.38 bits per heavy atom. The maximum absolute atomic E-state index is 12.4. The summed E-state index contributed by atoms with van der Waals surface area (Å²) in [5.74, 6) is -0.264. The van der Waals surface area contributed by atoms with Crippen molar-refractivity contribution in [3.05, 3.63) is 21.9 Å². The zero-order chi connectivity index (χ0) is 15.4. The Bertz CT molecular complexity index is 518. The molecule has 0 aromatic carbocycles. The summed E-state index contributed by atoms with van der Waals surface area (Å²) >= 11 is 3.29. The maximum Gasteiger partial charge on any atom is 0.326 e. The van der Waals surface area contributed by atoms with Gasteiger partial charge in [0.1, 0.15) is 6.04 Å². The molecule has 2 rings (SSSR count). The number of carbonyl (C=O) groups excluding carboxylic acids is 1. The Balaban J connectivity index is 2.01. The van der Waals surface area contributed by atoms with Crippen molar-refractivity contribution in [3.8, 4) is 0 Å². The van der Waals surface area contributed by atoms with Gasteiger partial charge in [-0.25, -0.2) is 9.59 Å². The largest absolute Gasteiger partial charge is 0.480 e. The first-order valence-electron chi connectivity index (χ1n) is 6.89. The number of hydrogen-bond acceptors (Lipinski definition) is 4. The van der Waals surface area contributed by atoms with Gasteiger partial charge >= 0.3 is 12.0 Å². The van der Waals surface area contributed by atoms with E-state index in [1.165, 1.54) is 10.4 Å². The highest BCUT2D eigenvalue weighted by molar-refractivity contribution is 7.98. The van der Waals surface area contributed by atoms with Crippen molar-refractivity contribution in [1.29, 1.82) is 0 Å². The number of carbonyl (C=O) groups is 2. The molecule has 2 atom stereocenters. The minimum Gasteiger partial charge on any atom is -0.480 e. The average molecular weight is 328 g/mol. The van der Waals surface area contributed by atoms with E-state index in [2.05, 4.69) is 5.32 Å². The lowest BCUT2D eigenvalue weighted by atomic mass is 10.0. The predicted molar refractivity (Wildman–Crippen MR) is 86.1 cm³/mol. The molecular formula is C14H20N2O3S2. The van der Waals surface area contributed by atoms with Gasteiger partial charge in [0.05, 0.1) is 6.04 Å². The molecule has 0 fully saturated rings. The summed E-state index contributed by atoms with van der Waals surface area (Å²) in [4.78, 5) is 26.6. The second-order valence-electron chi connectivity index (χ2n) is 5.04. The lowest BCUT2D eigenvalue weighted by molar-refractivity contribution is -0.139. The van der Waals surface area contributed by atoms with E-state index in [0.29, 0.717) is 18.7 Å². The van der Waals surface area contributed by atoms with Gasteiger partial charge in [-0.2, -0.15) is 11.8 Å². The molecule has 1 aliphatic heterocycles. The van der Waals surface area contributed by atoms with Gasteiger partial charge in [0.2, 0.25) is 0 Å². The third kappa shape index (κ3) is 3.71. The summed E-state index contributed by atoms with van der Waals surface area (Å²) in [5.41, 5.74) is 1.18. The molecule has 1 aliphatic rings. The first kappa shape index (κ1) is 16.2. The van der Waals surface area contributed by atoms with Crippen LogP contribution in [0.3, 0.4) is 0 Å². The molecule has 116 valence electrons. The Kier molecular flexibility index (Phi) is 5.52. The molecule has 2 N–H and O–H groups in total. The minimum atomic E-state index is -0.974. The van der Waals surface area contributed by atoms with Crippen molar-refractivity contribution in [2.24, 2.45) is 0 Å². The average Bonchev–Trinajstić information content (AvgIpc) is 2.92. The molecule has 2 amide bonds. The predicted octanol–water partition coefficient (Wildman–Crippen LogP) is 2.58. The van der Waals surface area contributed by atoms with Crippen molar-refractivity contribution in [2.45, 2.75) is 31.8 Å². The molecule has 5 nitrogen and oxygen atoms in total. The molecule has 0 bridgehead atoms. The fourth-order valence-electron chi connectivity index (χ4n) is 2.51. The maximum atomic E-state index is 12.4. The highest BCUT2D eigenvalue weighted by atomic mass is 32.2. The van der Waals surface area contributed by atoms with E-state index in [0.717, 1.165) is 6.42 Å². The van der Waals surface area contributed by atoms with Crippen LogP contribution in [0.5, 0.6) is 0 Å². The third-order valence-electron chi connectivity index (χ3n) is 3.74. The molecular weight excluding hydrogens is 308 g/mol. The molecule has 0 radical (unpaired) electrons. The summed E-state index contributed by atoms with van der Waals surface area (Å²) in [5, 5.41) is 13.9. The number of carboxylic acids is 1. The van der Waals surface area contributed by atoms with Crippen LogP contribution in [0.4, 0.5) is 4.79 Å². The van der Waals surface area contributed by atoms with E-state index in [-0.39, 0.29) is 12.1 Å². The lowest BCUT2D eigenvalue weighted by Crippen LogP contribution is -2.50. The second-order valence-corrected chi connectivity index (χ2v) is 7.03. The SMILES string of the molecule is CSCCC(NC(=O)N1CCc2sccc2C1C)C(=O)O. The highest BCUT2D eigenvalue weighted by Crippen LogP contribution is 2.32. The van der Waals surface area contributed by atoms with E-state index in [9.17, 15) is 14.7 Å². The molecule has 21 heavy (non-hydrogen) atoms. The van der Waals surface area contributed by atoms with Crippen LogP contribution in [0.2, 0.25) is 0 Å². The number of thiophene rings is 1. The number of urea groups is 1. The number of hydrogen-bond donors (Lipinski definition) is 2. The Morgan fingerprint density at radius 3 is 3.05 bits per heavy atom. The summed E-state index contributed by atoms with van der Waals surface area (Å²) in [6.45, 7) is 2.62. The van der Waals surface area contributed by atoms with Crippen molar-refractivity contribution in [1.82, 2.24) is 10.2 Å². The van der Waals surface area contributed by atoms with Crippen LogP contribution in [0.1, 0.15) is 29.8 Å². The highest BCUT2D eigenvalue weighted by Gasteiger charge is 2.30. The van der Waals surface area contributed by atoms with Gasteiger partial charge < -0.3 is 15.3 Å². The Labute approximate surface area is 132 Å². The summed E-state index contributed by atoms with van der Waals surface area (Å²) in [7, 11) is 0. The molecule has 1 aromatic rings. The van der Waals surface area contributed by atoms with Gasteiger partial charge in [-0.15, -0.1) is 11.3 Å². The quantitative estimate of drug-likeness (QED) is 0.871. The zero-order valence-corrected chi connectivity index (χ0v) is 13.8. The van der Waals surface area contributed by atoms with E-state index in [1.807, 2.05) is 24.6 Å². The molecule has 2 unspecified atom stereocenters. The fraction of sp³-hybridized carbons (Fsp3) is 0.571. The first-order valence-corrected chi connectivity index (χ1v) is 9.17. The first-order chi connectivity index (χ1) is 10.0. The number of nitrogens with zero attached hydrogens (tertiary/aromatic N) is 1. The molecule has 0 spiro atoms. The smallest absolute Gasteiger partial charge is 0.326 e. The summed E-state index contributed by atoms with van der Waals surface area (Å²) < 4.78 is 0. The van der Waals surface area contributed by atoms with Crippen LogP contribution < -0.4 is 5.32 Å². The molecule has 0 aliphatic carbocycles. The van der Waals surface area contributed by atoms with Crippen molar-refractivity contribution in [3.63, 3.8) is 0 Å². The standard InChI is InChI=1S/C14H20N2O3S2/c1-9-10-4-8-21-12(10)3-6-16(9)14(19)15-11(13(17)18)5-7-20-2/h4,8-9,11H,3,5-7H2,1-2H3,(H,15,19)(H,17,18). The van der Waals surface area contributed by atoms with Gasteiger partial charge in [0.15, 0.2) is 0 Å². The number of rotatable bonds is 5. The monoisotopic (exact) mass is 328 g/mol. The lowest BCUT2D eigenvalue weighted by Gasteiger charge is -2.34.